The van der Waals surface area contributed by atoms with E-state index in [0.29, 0.717) is 37.5 Å². The molecule has 0 fully saturated rings. The van der Waals surface area contributed by atoms with Gasteiger partial charge in [-0.3, -0.25) is 9.98 Å². The monoisotopic (exact) mass is 432 g/mol. The van der Waals surface area contributed by atoms with Crippen LogP contribution in [0.25, 0.3) is 0 Å². The van der Waals surface area contributed by atoms with Gasteiger partial charge in [0.15, 0.2) is 5.96 Å². The van der Waals surface area contributed by atoms with Crippen LogP contribution >= 0.6 is 24.0 Å². The lowest BCUT2D eigenvalue weighted by molar-refractivity contribution is 0.571. The molecule has 0 spiro atoms. The van der Waals surface area contributed by atoms with Crippen LogP contribution in [0.15, 0.2) is 47.6 Å². The third-order valence-corrected chi connectivity index (χ3v) is 3.09. The molecule has 4 nitrogen and oxygen atoms in total. The van der Waals surface area contributed by atoms with E-state index in [2.05, 4.69) is 15.3 Å². The average molecular weight is 432 g/mol. The highest BCUT2D eigenvalue weighted by atomic mass is 127. The maximum absolute atomic E-state index is 13.4. The normalized spacial score (nSPS) is 11.0. The number of guanidine groups is 1. The third-order valence-electron chi connectivity index (χ3n) is 3.09. The van der Waals surface area contributed by atoms with Crippen molar-refractivity contribution in [2.24, 2.45) is 10.7 Å². The first-order chi connectivity index (χ1) is 10.6. The minimum Gasteiger partial charge on any atom is -0.370 e. The van der Waals surface area contributed by atoms with Crippen molar-refractivity contribution in [1.29, 1.82) is 0 Å². The van der Waals surface area contributed by atoms with Crippen LogP contribution in [0, 0.1) is 11.6 Å². The van der Waals surface area contributed by atoms with Crippen molar-refractivity contribution in [3.63, 3.8) is 0 Å². The molecule has 0 saturated carbocycles. The molecule has 3 N–H and O–H groups in total. The molecule has 0 unspecified atom stereocenters. The van der Waals surface area contributed by atoms with Crippen molar-refractivity contribution in [2.45, 2.75) is 12.8 Å². The van der Waals surface area contributed by atoms with Crippen LogP contribution in [0.2, 0.25) is 0 Å². The Morgan fingerprint density at radius 2 is 2.00 bits per heavy atom. The molecule has 2 aromatic rings. The summed E-state index contributed by atoms with van der Waals surface area (Å²) < 4.78 is 26.2. The maximum atomic E-state index is 13.4. The molecule has 0 atom stereocenters. The Morgan fingerprint density at radius 3 is 2.70 bits per heavy atom. The molecule has 0 aliphatic heterocycles. The van der Waals surface area contributed by atoms with E-state index in [-0.39, 0.29) is 24.0 Å². The van der Waals surface area contributed by atoms with Gasteiger partial charge in [0, 0.05) is 37.5 Å². The molecule has 0 radical (unpaired) electrons. The van der Waals surface area contributed by atoms with Crippen molar-refractivity contribution in [3.05, 3.63) is 65.5 Å². The predicted octanol–water partition coefficient (Wildman–Crippen LogP) is 2.67. The molecule has 0 aliphatic carbocycles. The van der Waals surface area contributed by atoms with Gasteiger partial charge in [0.25, 0.3) is 0 Å². The number of nitrogens with one attached hydrogen (secondary N) is 1. The van der Waals surface area contributed by atoms with Gasteiger partial charge in [-0.1, -0.05) is 12.1 Å². The molecule has 1 aromatic heterocycles. The smallest absolute Gasteiger partial charge is 0.188 e. The highest BCUT2D eigenvalue weighted by Gasteiger charge is 2.03. The molecule has 23 heavy (non-hydrogen) atoms. The van der Waals surface area contributed by atoms with Crippen LogP contribution in [-0.4, -0.2) is 24.0 Å². The number of hydrogen-bond acceptors (Lipinski definition) is 2. The van der Waals surface area contributed by atoms with E-state index in [9.17, 15) is 8.78 Å². The average Bonchev–Trinajstić information content (AvgIpc) is 2.50. The van der Waals surface area contributed by atoms with E-state index in [1.807, 2.05) is 18.2 Å². The molecular weight excluding hydrogens is 413 g/mol. The fraction of sp³-hybridized carbons (Fsp3) is 0.250. The summed E-state index contributed by atoms with van der Waals surface area (Å²) in [6.45, 7) is 0.961. The lowest BCUT2D eigenvalue weighted by Gasteiger charge is -2.06. The molecule has 124 valence electrons. The van der Waals surface area contributed by atoms with Gasteiger partial charge in [-0.05, 0) is 30.2 Å². The van der Waals surface area contributed by atoms with Crippen LogP contribution in [0.4, 0.5) is 8.78 Å². The zero-order valence-corrected chi connectivity index (χ0v) is 14.8. The molecule has 0 bridgehead atoms. The second kappa shape index (κ2) is 10.1. The molecule has 1 heterocycles. The Bertz CT molecular complexity index is 635. The standard InChI is InChI=1S/C16H18F2N4.HI/c17-13-5-4-12(15(18)11-13)6-9-21-16(19)22-10-7-14-3-1-2-8-20-14;/h1-5,8,11H,6-7,9-10H2,(H3,19,21,22);1H. The number of nitrogens with zero attached hydrogens (tertiary/aromatic N) is 2. The van der Waals surface area contributed by atoms with Gasteiger partial charge < -0.3 is 11.1 Å². The summed E-state index contributed by atoms with van der Waals surface area (Å²) in [6, 6.07) is 9.25. The van der Waals surface area contributed by atoms with E-state index >= 15 is 0 Å². The van der Waals surface area contributed by atoms with Gasteiger partial charge in [0.2, 0.25) is 0 Å². The van der Waals surface area contributed by atoms with E-state index in [4.69, 9.17) is 5.73 Å². The van der Waals surface area contributed by atoms with E-state index in [0.717, 1.165) is 11.8 Å². The second-order valence-corrected chi connectivity index (χ2v) is 4.75. The number of nitrogens with two attached hydrogens (primary N) is 1. The Kier molecular flexibility index (Phi) is 8.46. The van der Waals surface area contributed by atoms with Gasteiger partial charge in [0.1, 0.15) is 11.6 Å². The molecule has 0 aliphatic rings. The molecule has 2 rings (SSSR count). The van der Waals surface area contributed by atoms with Crippen LogP contribution in [0.1, 0.15) is 11.3 Å². The molecule has 1 aromatic carbocycles. The minimum atomic E-state index is -0.579. The van der Waals surface area contributed by atoms with Crippen LogP contribution < -0.4 is 11.1 Å². The van der Waals surface area contributed by atoms with Crippen LogP contribution in [0.5, 0.6) is 0 Å². The predicted molar refractivity (Wildman–Crippen MR) is 97.9 cm³/mol. The SMILES string of the molecule is I.NC(=NCCc1ccccn1)NCCc1ccc(F)cc1F. The summed E-state index contributed by atoms with van der Waals surface area (Å²) in [5.74, 6) is -0.823. The lowest BCUT2D eigenvalue weighted by Crippen LogP contribution is -2.33. The van der Waals surface area contributed by atoms with E-state index in [1.54, 1.807) is 6.20 Å². The number of aliphatic imine (C=N–C) groups is 1. The number of halogens is 3. The van der Waals surface area contributed by atoms with Gasteiger partial charge >= 0.3 is 0 Å². The number of pyridine rings is 1. The Labute approximate surface area is 151 Å². The quantitative estimate of drug-likeness (QED) is 0.419. The van der Waals surface area contributed by atoms with Gasteiger partial charge in [0.05, 0.1) is 0 Å². The third kappa shape index (κ3) is 6.89. The summed E-state index contributed by atoms with van der Waals surface area (Å²) in [5, 5.41) is 2.91. The minimum absolute atomic E-state index is 0. The first-order valence-corrected chi connectivity index (χ1v) is 7.03. The van der Waals surface area contributed by atoms with Crippen molar-refractivity contribution in [2.75, 3.05) is 13.1 Å². The van der Waals surface area contributed by atoms with Crippen LogP contribution in [-0.2, 0) is 12.8 Å². The van der Waals surface area contributed by atoms with Crippen molar-refractivity contribution in [3.8, 4) is 0 Å². The van der Waals surface area contributed by atoms with E-state index in [1.165, 1.54) is 12.1 Å². The van der Waals surface area contributed by atoms with Gasteiger partial charge in [-0.25, -0.2) is 8.78 Å². The highest BCUT2D eigenvalue weighted by Crippen LogP contribution is 2.09. The largest absolute Gasteiger partial charge is 0.370 e. The number of aromatic nitrogens is 1. The van der Waals surface area contributed by atoms with Crippen molar-refractivity contribution in [1.82, 2.24) is 10.3 Å². The van der Waals surface area contributed by atoms with Crippen molar-refractivity contribution >= 4 is 29.9 Å². The lowest BCUT2D eigenvalue weighted by atomic mass is 10.1. The Balaban J connectivity index is 0.00000264. The Morgan fingerprint density at radius 1 is 1.17 bits per heavy atom. The molecule has 0 amide bonds. The molecule has 0 saturated heterocycles. The summed E-state index contributed by atoms with van der Waals surface area (Å²) in [7, 11) is 0. The summed E-state index contributed by atoms with van der Waals surface area (Å²) >= 11 is 0. The van der Waals surface area contributed by atoms with Crippen LogP contribution in [0.3, 0.4) is 0 Å². The molecular formula is C16H19F2IN4. The highest BCUT2D eigenvalue weighted by molar-refractivity contribution is 14.0. The first-order valence-electron chi connectivity index (χ1n) is 7.03. The first kappa shape index (κ1) is 19.3. The topological polar surface area (TPSA) is 63.3 Å². The maximum Gasteiger partial charge on any atom is 0.188 e. The molecule has 7 heteroatoms. The number of rotatable bonds is 6. The summed E-state index contributed by atoms with van der Waals surface area (Å²) in [4.78, 5) is 8.37. The van der Waals surface area contributed by atoms with Gasteiger partial charge in [-0.2, -0.15) is 0 Å². The summed E-state index contributed by atoms with van der Waals surface area (Å²) in [6.07, 6.45) is 2.84. The zero-order valence-electron chi connectivity index (χ0n) is 12.5. The Hall–Kier alpha value is -1.77. The summed E-state index contributed by atoms with van der Waals surface area (Å²) in [5.41, 5.74) is 7.12. The second-order valence-electron chi connectivity index (χ2n) is 4.75. The fourth-order valence-electron chi connectivity index (χ4n) is 1.94. The van der Waals surface area contributed by atoms with Crippen molar-refractivity contribution < 1.29 is 8.78 Å². The van der Waals surface area contributed by atoms with E-state index < -0.39 is 11.6 Å². The number of benzene rings is 1. The number of hydrogen-bond donors (Lipinski definition) is 2. The fourth-order valence-corrected chi connectivity index (χ4v) is 1.94. The zero-order chi connectivity index (χ0) is 15.8. The van der Waals surface area contributed by atoms with Gasteiger partial charge in [-0.15, -0.1) is 24.0 Å².